The van der Waals surface area contributed by atoms with Gasteiger partial charge in [0.05, 0.1) is 17.2 Å². The first-order chi connectivity index (χ1) is 8.04. The zero-order valence-electron chi connectivity index (χ0n) is 10.7. The molecule has 0 saturated carbocycles. The van der Waals surface area contributed by atoms with E-state index in [0.717, 1.165) is 28.6 Å². The van der Waals surface area contributed by atoms with Gasteiger partial charge in [0.15, 0.2) is 0 Å². The van der Waals surface area contributed by atoms with E-state index in [0.29, 0.717) is 12.5 Å². The van der Waals surface area contributed by atoms with E-state index in [9.17, 15) is 5.11 Å². The zero-order chi connectivity index (χ0) is 12.8. The standard InChI is InChI=1S/C14H21BrO2/c1-4-17-14-8-6-11(9-12(14)15)13(16)7-5-10(2)3/h6,8-10,13,16H,4-5,7H2,1-3H3. The van der Waals surface area contributed by atoms with Crippen LogP contribution in [0.25, 0.3) is 0 Å². The van der Waals surface area contributed by atoms with Gasteiger partial charge in [-0.3, -0.25) is 0 Å². The van der Waals surface area contributed by atoms with Crippen molar-refractivity contribution in [3.63, 3.8) is 0 Å². The SMILES string of the molecule is CCOc1ccc(C(O)CCC(C)C)cc1Br. The van der Waals surface area contributed by atoms with Crippen molar-refractivity contribution in [2.75, 3.05) is 6.61 Å². The highest BCUT2D eigenvalue weighted by Crippen LogP contribution is 2.30. The predicted octanol–water partition coefficient (Wildman–Crippen LogP) is 4.32. The molecule has 0 saturated heterocycles. The molecule has 1 aromatic rings. The molecule has 2 nitrogen and oxygen atoms in total. The summed E-state index contributed by atoms with van der Waals surface area (Å²) in [6, 6.07) is 5.78. The molecule has 1 N–H and O–H groups in total. The van der Waals surface area contributed by atoms with Gasteiger partial charge in [-0.25, -0.2) is 0 Å². The fraction of sp³-hybridized carbons (Fsp3) is 0.571. The van der Waals surface area contributed by atoms with E-state index in [1.54, 1.807) is 0 Å². The van der Waals surface area contributed by atoms with Crippen molar-refractivity contribution in [2.24, 2.45) is 5.92 Å². The van der Waals surface area contributed by atoms with Crippen LogP contribution in [-0.4, -0.2) is 11.7 Å². The van der Waals surface area contributed by atoms with E-state index >= 15 is 0 Å². The molecule has 1 rings (SSSR count). The smallest absolute Gasteiger partial charge is 0.133 e. The average molecular weight is 301 g/mol. The second-order valence-corrected chi connectivity index (χ2v) is 5.46. The highest BCUT2D eigenvalue weighted by molar-refractivity contribution is 9.10. The second kappa shape index (κ2) is 7.02. The van der Waals surface area contributed by atoms with Crippen LogP contribution in [0.5, 0.6) is 5.75 Å². The Kier molecular flexibility index (Phi) is 6.00. The first-order valence-corrected chi connectivity index (χ1v) is 6.94. The molecule has 0 aliphatic rings. The van der Waals surface area contributed by atoms with E-state index in [1.165, 1.54) is 0 Å². The molecule has 0 fully saturated rings. The summed E-state index contributed by atoms with van der Waals surface area (Å²) >= 11 is 3.46. The number of ether oxygens (including phenoxy) is 1. The van der Waals surface area contributed by atoms with Gasteiger partial charge in [0.2, 0.25) is 0 Å². The van der Waals surface area contributed by atoms with Crippen molar-refractivity contribution in [3.8, 4) is 5.75 Å². The van der Waals surface area contributed by atoms with E-state index in [2.05, 4.69) is 29.8 Å². The van der Waals surface area contributed by atoms with Gasteiger partial charge in [0, 0.05) is 0 Å². The molecular formula is C14H21BrO2. The quantitative estimate of drug-likeness (QED) is 0.848. The van der Waals surface area contributed by atoms with E-state index in [1.807, 2.05) is 25.1 Å². The Labute approximate surface area is 112 Å². The first kappa shape index (κ1) is 14.5. The third-order valence-electron chi connectivity index (χ3n) is 2.66. The van der Waals surface area contributed by atoms with Gasteiger partial charge in [-0.1, -0.05) is 19.9 Å². The van der Waals surface area contributed by atoms with Gasteiger partial charge in [-0.15, -0.1) is 0 Å². The normalized spacial score (nSPS) is 12.8. The number of aliphatic hydroxyl groups excluding tert-OH is 1. The van der Waals surface area contributed by atoms with Crippen molar-refractivity contribution in [2.45, 2.75) is 39.7 Å². The Morgan fingerprint density at radius 3 is 2.53 bits per heavy atom. The lowest BCUT2D eigenvalue weighted by atomic mass is 10.00. The highest BCUT2D eigenvalue weighted by Gasteiger charge is 2.10. The lowest BCUT2D eigenvalue weighted by Crippen LogP contribution is -2.01. The Morgan fingerprint density at radius 2 is 2.00 bits per heavy atom. The minimum Gasteiger partial charge on any atom is -0.493 e. The fourth-order valence-corrected chi connectivity index (χ4v) is 2.17. The minimum atomic E-state index is -0.385. The summed E-state index contributed by atoms with van der Waals surface area (Å²) in [6.07, 6.45) is 1.45. The topological polar surface area (TPSA) is 29.5 Å². The van der Waals surface area contributed by atoms with Crippen LogP contribution >= 0.6 is 15.9 Å². The number of halogens is 1. The summed E-state index contributed by atoms with van der Waals surface area (Å²) in [5.74, 6) is 1.45. The summed E-state index contributed by atoms with van der Waals surface area (Å²) in [5.41, 5.74) is 0.945. The summed E-state index contributed by atoms with van der Waals surface area (Å²) in [5, 5.41) is 10.1. The van der Waals surface area contributed by atoms with Gasteiger partial charge in [-0.2, -0.15) is 0 Å². The van der Waals surface area contributed by atoms with Gasteiger partial charge < -0.3 is 9.84 Å². The number of rotatable bonds is 6. The van der Waals surface area contributed by atoms with Crippen LogP contribution < -0.4 is 4.74 Å². The van der Waals surface area contributed by atoms with E-state index in [-0.39, 0.29) is 6.10 Å². The number of hydrogen-bond donors (Lipinski definition) is 1. The maximum Gasteiger partial charge on any atom is 0.133 e. The van der Waals surface area contributed by atoms with Gasteiger partial charge in [-0.05, 0) is 59.3 Å². The van der Waals surface area contributed by atoms with Crippen LogP contribution in [0.15, 0.2) is 22.7 Å². The maximum atomic E-state index is 10.1. The Balaban J connectivity index is 2.68. The molecule has 0 spiro atoms. The molecule has 96 valence electrons. The molecular weight excluding hydrogens is 280 g/mol. The number of benzene rings is 1. The van der Waals surface area contributed by atoms with Gasteiger partial charge >= 0.3 is 0 Å². The highest BCUT2D eigenvalue weighted by atomic mass is 79.9. The van der Waals surface area contributed by atoms with Crippen LogP contribution in [0.4, 0.5) is 0 Å². The number of hydrogen-bond acceptors (Lipinski definition) is 2. The van der Waals surface area contributed by atoms with Crippen LogP contribution in [0, 0.1) is 5.92 Å². The monoisotopic (exact) mass is 300 g/mol. The minimum absolute atomic E-state index is 0.385. The Hall–Kier alpha value is -0.540. The van der Waals surface area contributed by atoms with Crippen LogP contribution in [-0.2, 0) is 0 Å². The van der Waals surface area contributed by atoms with Crippen molar-refractivity contribution >= 4 is 15.9 Å². The second-order valence-electron chi connectivity index (χ2n) is 4.61. The molecule has 0 amide bonds. The van der Waals surface area contributed by atoms with Crippen LogP contribution in [0.2, 0.25) is 0 Å². The van der Waals surface area contributed by atoms with Gasteiger partial charge in [0.1, 0.15) is 5.75 Å². The van der Waals surface area contributed by atoms with Crippen molar-refractivity contribution in [3.05, 3.63) is 28.2 Å². The fourth-order valence-electron chi connectivity index (χ4n) is 1.65. The van der Waals surface area contributed by atoms with Crippen LogP contribution in [0.1, 0.15) is 45.3 Å². The van der Waals surface area contributed by atoms with Crippen LogP contribution in [0.3, 0.4) is 0 Å². The largest absolute Gasteiger partial charge is 0.493 e. The summed E-state index contributed by atoms with van der Waals surface area (Å²) in [4.78, 5) is 0. The maximum absolute atomic E-state index is 10.1. The van der Waals surface area contributed by atoms with Crippen molar-refractivity contribution in [1.29, 1.82) is 0 Å². The molecule has 1 atom stereocenters. The van der Waals surface area contributed by atoms with Crippen molar-refractivity contribution < 1.29 is 9.84 Å². The Morgan fingerprint density at radius 1 is 1.29 bits per heavy atom. The summed E-state index contributed by atoms with van der Waals surface area (Å²) < 4.78 is 6.34. The zero-order valence-corrected chi connectivity index (χ0v) is 12.3. The van der Waals surface area contributed by atoms with E-state index < -0.39 is 0 Å². The number of aliphatic hydroxyl groups is 1. The third-order valence-corrected chi connectivity index (χ3v) is 3.28. The molecule has 0 aliphatic heterocycles. The predicted molar refractivity (Wildman–Crippen MR) is 74.3 cm³/mol. The molecule has 0 heterocycles. The molecule has 1 aromatic carbocycles. The molecule has 0 aliphatic carbocycles. The molecule has 0 radical (unpaired) electrons. The molecule has 0 bridgehead atoms. The Bertz CT molecular complexity index is 350. The molecule has 0 aromatic heterocycles. The van der Waals surface area contributed by atoms with Crippen molar-refractivity contribution in [1.82, 2.24) is 0 Å². The molecule has 3 heteroatoms. The lowest BCUT2D eigenvalue weighted by Gasteiger charge is -2.14. The molecule has 17 heavy (non-hydrogen) atoms. The summed E-state index contributed by atoms with van der Waals surface area (Å²) in [7, 11) is 0. The lowest BCUT2D eigenvalue weighted by molar-refractivity contribution is 0.159. The molecule has 1 unspecified atom stereocenters. The summed E-state index contributed by atoms with van der Waals surface area (Å²) in [6.45, 7) is 6.94. The van der Waals surface area contributed by atoms with E-state index in [4.69, 9.17) is 4.74 Å². The third kappa shape index (κ3) is 4.68. The van der Waals surface area contributed by atoms with Gasteiger partial charge in [0.25, 0.3) is 0 Å². The first-order valence-electron chi connectivity index (χ1n) is 6.14. The average Bonchev–Trinajstić information content (AvgIpc) is 2.28.